The lowest BCUT2D eigenvalue weighted by Gasteiger charge is -2.06. The van der Waals surface area contributed by atoms with Crippen molar-refractivity contribution in [1.29, 1.82) is 0 Å². The Morgan fingerprint density at radius 1 is 1.40 bits per heavy atom. The van der Waals surface area contributed by atoms with Crippen molar-refractivity contribution in [3.8, 4) is 5.75 Å². The first-order valence-electron chi connectivity index (χ1n) is 6.68. The van der Waals surface area contributed by atoms with E-state index in [0.717, 1.165) is 12.0 Å². The van der Waals surface area contributed by atoms with Crippen molar-refractivity contribution in [2.75, 3.05) is 20.3 Å². The van der Waals surface area contributed by atoms with Gasteiger partial charge in [0.05, 0.1) is 13.3 Å². The molecule has 1 rings (SSSR count). The maximum absolute atomic E-state index is 11.4. The van der Waals surface area contributed by atoms with E-state index >= 15 is 0 Å². The molecule has 110 valence electrons. The average Bonchev–Trinajstić information content (AvgIpc) is 2.43. The summed E-state index contributed by atoms with van der Waals surface area (Å²) in [6.45, 7) is 4.81. The highest BCUT2D eigenvalue weighted by Gasteiger charge is 2.02. The predicted octanol–water partition coefficient (Wildman–Crippen LogP) is 2.21. The van der Waals surface area contributed by atoms with E-state index in [-0.39, 0.29) is 12.5 Å². The Morgan fingerprint density at radius 3 is 2.85 bits per heavy atom. The Hall–Kier alpha value is -2.04. The van der Waals surface area contributed by atoms with E-state index in [1.165, 1.54) is 6.21 Å². The summed E-state index contributed by atoms with van der Waals surface area (Å²) in [5.41, 5.74) is 0.801. The van der Waals surface area contributed by atoms with Gasteiger partial charge in [0.15, 0.2) is 6.61 Å². The summed E-state index contributed by atoms with van der Waals surface area (Å²) in [6, 6.07) is 7.44. The van der Waals surface area contributed by atoms with Gasteiger partial charge in [-0.15, -0.1) is 0 Å². The first-order chi connectivity index (χ1) is 9.63. The molecule has 5 heteroatoms. The molecule has 0 unspecified atom stereocenters. The molecule has 0 fully saturated rings. The molecular weight excluding hydrogens is 256 g/mol. The standard InChI is InChI=1S/C15H22N2O3/c1-12(2)8-9-16-15(18)11-20-17-10-13-6-4-5-7-14(13)19-3/h4-7,10,12H,8-9,11H2,1-3H3,(H,16,18)/b17-10-. The highest BCUT2D eigenvalue weighted by atomic mass is 16.6. The predicted molar refractivity (Wildman–Crippen MR) is 79.0 cm³/mol. The number of carbonyl (C=O) groups excluding carboxylic acids is 1. The molecule has 0 radical (unpaired) electrons. The molecular formula is C15H22N2O3. The Bertz CT molecular complexity index is 444. The van der Waals surface area contributed by atoms with E-state index < -0.39 is 0 Å². The fourth-order valence-corrected chi connectivity index (χ4v) is 1.51. The van der Waals surface area contributed by atoms with Crippen LogP contribution in [0, 0.1) is 5.92 Å². The normalized spacial score (nSPS) is 10.8. The maximum Gasteiger partial charge on any atom is 0.260 e. The smallest absolute Gasteiger partial charge is 0.260 e. The monoisotopic (exact) mass is 278 g/mol. The summed E-state index contributed by atoms with van der Waals surface area (Å²) in [5.74, 6) is 1.11. The molecule has 1 aromatic rings. The zero-order valence-corrected chi connectivity index (χ0v) is 12.3. The quantitative estimate of drug-likeness (QED) is 0.586. The van der Waals surface area contributed by atoms with Crippen molar-refractivity contribution >= 4 is 12.1 Å². The van der Waals surface area contributed by atoms with Crippen LogP contribution >= 0.6 is 0 Å². The molecule has 0 heterocycles. The number of nitrogens with zero attached hydrogens (tertiary/aromatic N) is 1. The number of para-hydroxylation sites is 1. The fourth-order valence-electron chi connectivity index (χ4n) is 1.51. The van der Waals surface area contributed by atoms with Gasteiger partial charge in [-0.2, -0.15) is 0 Å². The molecule has 0 atom stereocenters. The molecule has 0 spiro atoms. The second-order valence-corrected chi connectivity index (χ2v) is 4.78. The number of rotatable bonds is 8. The molecule has 5 nitrogen and oxygen atoms in total. The van der Waals surface area contributed by atoms with Crippen LogP contribution in [-0.2, 0) is 9.63 Å². The lowest BCUT2D eigenvalue weighted by Crippen LogP contribution is -2.28. The summed E-state index contributed by atoms with van der Waals surface area (Å²) in [6.07, 6.45) is 2.48. The Balaban J connectivity index is 2.29. The van der Waals surface area contributed by atoms with Crippen LogP contribution in [0.1, 0.15) is 25.8 Å². The second-order valence-electron chi connectivity index (χ2n) is 4.78. The topological polar surface area (TPSA) is 59.9 Å². The van der Waals surface area contributed by atoms with Gasteiger partial charge in [-0.1, -0.05) is 31.1 Å². The highest BCUT2D eigenvalue weighted by Crippen LogP contribution is 2.14. The van der Waals surface area contributed by atoms with Gasteiger partial charge in [-0.05, 0) is 24.5 Å². The number of hydrogen-bond acceptors (Lipinski definition) is 4. The molecule has 0 aliphatic heterocycles. The summed E-state index contributed by atoms with van der Waals surface area (Å²) < 4.78 is 5.17. The summed E-state index contributed by atoms with van der Waals surface area (Å²) >= 11 is 0. The van der Waals surface area contributed by atoms with Crippen LogP contribution in [0.3, 0.4) is 0 Å². The second kappa shape index (κ2) is 8.96. The van der Waals surface area contributed by atoms with E-state index in [0.29, 0.717) is 18.2 Å². The number of oxime groups is 1. The van der Waals surface area contributed by atoms with Crippen molar-refractivity contribution in [3.05, 3.63) is 29.8 Å². The van der Waals surface area contributed by atoms with Gasteiger partial charge in [-0.3, -0.25) is 4.79 Å². The van der Waals surface area contributed by atoms with Gasteiger partial charge in [0, 0.05) is 12.1 Å². The lowest BCUT2D eigenvalue weighted by molar-refractivity contribution is -0.125. The summed E-state index contributed by atoms with van der Waals surface area (Å²) in [5, 5.41) is 6.54. The Morgan fingerprint density at radius 2 is 2.15 bits per heavy atom. The molecule has 0 saturated heterocycles. The minimum atomic E-state index is -0.164. The van der Waals surface area contributed by atoms with Crippen LogP contribution < -0.4 is 10.1 Å². The van der Waals surface area contributed by atoms with E-state index in [2.05, 4.69) is 24.3 Å². The zero-order chi connectivity index (χ0) is 14.8. The third-order valence-corrected chi connectivity index (χ3v) is 2.64. The van der Waals surface area contributed by atoms with Crippen LogP contribution in [0.5, 0.6) is 5.75 Å². The molecule has 20 heavy (non-hydrogen) atoms. The number of ether oxygens (including phenoxy) is 1. The first kappa shape index (κ1) is 16.0. The van der Waals surface area contributed by atoms with E-state index in [1.807, 2.05) is 24.3 Å². The highest BCUT2D eigenvalue weighted by molar-refractivity contribution is 5.83. The van der Waals surface area contributed by atoms with Crippen LogP contribution in [0.2, 0.25) is 0 Å². The lowest BCUT2D eigenvalue weighted by atomic mass is 10.1. The van der Waals surface area contributed by atoms with Crippen LogP contribution in [0.15, 0.2) is 29.4 Å². The van der Waals surface area contributed by atoms with Crippen molar-refractivity contribution in [3.63, 3.8) is 0 Å². The molecule has 1 N–H and O–H groups in total. The van der Waals surface area contributed by atoms with E-state index in [9.17, 15) is 4.79 Å². The van der Waals surface area contributed by atoms with Crippen LogP contribution in [0.4, 0.5) is 0 Å². The van der Waals surface area contributed by atoms with Gasteiger partial charge in [0.2, 0.25) is 0 Å². The van der Waals surface area contributed by atoms with Gasteiger partial charge in [0.1, 0.15) is 5.75 Å². The number of nitrogens with one attached hydrogen (secondary N) is 1. The number of amides is 1. The van der Waals surface area contributed by atoms with E-state index in [1.54, 1.807) is 7.11 Å². The van der Waals surface area contributed by atoms with E-state index in [4.69, 9.17) is 9.57 Å². The van der Waals surface area contributed by atoms with Gasteiger partial charge < -0.3 is 14.9 Å². The largest absolute Gasteiger partial charge is 0.496 e. The third kappa shape index (κ3) is 6.22. The summed E-state index contributed by atoms with van der Waals surface area (Å²) in [4.78, 5) is 16.4. The molecule has 0 aliphatic carbocycles. The molecule has 1 amide bonds. The van der Waals surface area contributed by atoms with Crippen molar-refractivity contribution in [1.82, 2.24) is 5.32 Å². The number of benzene rings is 1. The van der Waals surface area contributed by atoms with Gasteiger partial charge >= 0.3 is 0 Å². The molecule has 0 saturated carbocycles. The van der Waals surface area contributed by atoms with Crippen LogP contribution in [0.25, 0.3) is 0 Å². The Kier molecular flexibility index (Phi) is 7.17. The number of carbonyl (C=O) groups is 1. The molecule has 0 aromatic heterocycles. The summed E-state index contributed by atoms with van der Waals surface area (Å²) in [7, 11) is 1.59. The fraction of sp³-hybridized carbons (Fsp3) is 0.467. The maximum atomic E-state index is 11.4. The minimum Gasteiger partial charge on any atom is -0.496 e. The third-order valence-electron chi connectivity index (χ3n) is 2.64. The Labute approximate surface area is 120 Å². The van der Waals surface area contributed by atoms with Crippen molar-refractivity contribution in [2.24, 2.45) is 11.1 Å². The first-order valence-corrected chi connectivity index (χ1v) is 6.68. The average molecular weight is 278 g/mol. The minimum absolute atomic E-state index is 0.0796. The molecule has 0 bridgehead atoms. The molecule has 0 aliphatic rings. The zero-order valence-electron chi connectivity index (χ0n) is 12.3. The number of hydrogen-bond donors (Lipinski definition) is 1. The van der Waals surface area contributed by atoms with Gasteiger partial charge in [-0.25, -0.2) is 0 Å². The van der Waals surface area contributed by atoms with Crippen molar-refractivity contribution < 1.29 is 14.4 Å². The van der Waals surface area contributed by atoms with Crippen LogP contribution in [-0.4, -0.2) is 32.4 Å². The SMILES string of the molecule is COc1ccccc1/C=N\OCC(=O)NCCC(C)C. The molecule has 1 aromatic carbocycles. The van der Waals surface area contributed by atoms with Crippen molar-refractivity contribution in [2.45, 2.75) is 20.3 Å². The van der Waals surface area contributed by atoms with Gasteiger partial charge in [0.25, 0.3) is 5.91 Å². The number of methoxy groups -OCH3 is 1.